The molecule has 0 radical (unpaired) electrons. The molecule has 1 aliphatic heterocycles. The van der Waals surface area contributed by atoms with Crippen LogP contribution in [0.2, 0.25) is 0 Å². The van der Waals surface area contributed by atoms with Crippen LogP contribution in [-0.2, 0) is 10.1 Å². The number of hydrogen-bond donors (Lipinski definition) is 2. The Morgan fingerprint density at radius 3 is 2.23 bits per heavy atom. The Balaban J connectivity index is 2.79. The standard InChI is InChI=1S/C7H15NO4S/c1-6(2)8-4-3-7(9,5-8)13(10,11)12/h6,9H,3-5H2,1-2H3,(H,10,11,12). The van der Waals surface area contributed by atoms with Crippen molar-refractivity contribution in [2.45, 2.75) is 31.2 Å². The number of rotatable bonds is 2. The summed E-state index contributed by atoms with van der Waals surface area (Å²) in [5, 5.41) is 9.57. The summed E-state index contributed by atoms with van der Waals surface area (Å²) in [7, 11) is -4.35. The average Bonchev–Trinajstić information content (AvgIpc) is 2.31. The normalized spacial score (nSPS) is 31.5. The minimum atomic E-state index is -4.35. The van der Waals surface area contributed by atoms with Crippen molar-refractivity contribution in [2.24, 2.45) is 0 Å². The lowest BCUT2D eigenvalue weighted by Crippen LogP contribution is -2.42. The molecule has 1 aliphatic rings. The molecule has 13 heavy (non-hydrogen) atoms. The Morgan fingerprint density at radius 2 is 2.00 bits per heavy atom. The van der Waals surface area contributed by atoms with Crippen LogP contribution in [0.1, 0.15) is 20.3 Å². The van der Waals surface area contributed by atoms with Crippen molar-refractivity contribution in [3.05, 3.63) is 0 Å². The first-order valence-electron chi connectivity index (χ1n) is 4.20. The monoisotopic (exact) mass is 209 g/mol. The third-order valence-corrected chi connectivity index (χ3v) is 3.74. The molecule has 0 aromatic rings. The van der Waals surface area contributed by atoms with Crippen molar-refractivity contribution in [1.82, 2.24) is 4.90 Å². The fourth-order valence-corrected chi connectivity index (χ4v) is 2.12. The second-order valence-electron chi connectivity index (χ2n) is 3.74. The van der Waals surface area contributed by atoms with E-state index in [9.17, 15) is 13.5 Å². The van der Waals surface area contributed by atoms with Crippen molar-refractivity contribution in [2.75, 3.05) is 13.1 Å². The number of aliphatic hydroxyl groups is 1. The van der Waals surface area contributed by atoms with E-state index >= 15 is 0 Å². The zero-order chi connectivity index (χ0) is 10.3. The van der Waals surface area contributed by atoms with Gasteiger partial charge < -0.3 is 5.11 Å². The van der Waals surface area contributed by atoms with Gasteiger partial charge in [-0.05, 0) is 13.8 Å². The predicted octanol–water partition coefficient (Wildman–Crippen LogP) is -0.323. The number of likely N-dealkylation sites (tertiary alicyclic amines) is 1. The fourth-order valence-electron chi connectivity index (χ4n) is 1.45. The minimum Gasteiger partial charge on any atom is -0.371 e. The molecule has 0 aromatic heterocycles. The Kier molecular flexibility index (Phi) is 2.68. The fraction of sp³-hybridized carbons (Fsp3) is 1.00. The molecular formula is C7H15NO4S. The van der Waals surface area contributed by atoms with E-state index in [2.05, 4.69) is 0 Å². The maximum Gasteiger partial charge on any atom is 0.296 e. The van der Waals surface area contributed by atoms with E-state index in [-0.39, 0.29) is 19.0 Å². The van der Waals surface area contributed by atoms with Gasteiger partial charge in [0.2, 0.25) is 4.93 Å². The largest absolute Gasteiger partial charge is 0.371 e. The van der Waals surface area contributed by atoms with E-state index < -0.39 is 15.1 Å². The van der Waals surface area contributed by atoms with E-state index in [4.69, 9.17) is 4.55 Å². The van der Waals surface area contributed by atoms with Gasteiger partial charge in [-0.2, -0.15) is 8.42 Å². The molecular weight excluding hydrogens is 194 g/mol. The summed E-state index contributed by atoms with van der Waals surface area (Å²) >= 11 is 0. The van der Waals surface area contributed by atoms with Crippen molar-refractivity contribution < 1.29 is 18.1 Å². The van der Waals surface area contributed by atoms with Gasteiger partial charge in [-0.25, -0.2) is 0 Å². The molecule has 2 N–H and O–H groups in total. The van der Waals surface area contributed by atoms with Gasteiger partial charge in [-0.1, -0.05) is 0 Å². The zero-order valence-corrected chi connectivity index (χ0v) is 8.58. The molecule has 0 saturated carbocycles. The molecule has 1 heterocycles. The van der Waals surface area contributed by atoms with E-state index in [1.54, 1.807) is 0 Å². The van der Waals surface area contributed by atoms with Crippen LogP contribution in [0.25, 0.3) is 0 Å². The molecule has 1 rings (SSSR count). The lowest BCUT2D eigenvalue weighted by atomic mass is 10.3. The van der Waals surface area contributed by atoms with Gasteiger partial charge in [0, 0.05) is 25.6 Å². The zero-order valence-electron chi connectivity index (χ0n) is 7.77. The summed E-state index contributed by atoms with van der Waals surface area (Å²) in [4.78, 5) is -0.148. The van der Waals surface area contributed by atoms with Gasteiger partial charge in [-0.3, -0.25) is 9.45 Å². The van der Waals surface area contributed by atoms with Gasteiger partial charge in [0.05, 0.1) is 0 Å². The van der Waals surface area contributed by atoms with Gasteiger partial charge in [0.15, 0.2) is 0 Å². The smallest absolute Gasteiger partial charge is 0.296 e. The highest BCUT2D eigenvalue weighted by atomic mass is 32.2. The van der Waals surface area contributed by atoms with Crippen molar-refractivity contribution in [3.8, 4) is 0 Å². The number of β-amino-alcohol motifs (C(OH)–C–C–N with tert-alkyl or cyclic N) is 1. The minimum absolute atomic E-state index is 0.0104. The van der Waals surface area contributed by atoms with Crippen molar-refractivity contribution in [1.29, 1.82) is 0 Å². The van der Waals surface area contributed by atoms with Gasteiger partial charge >= 0.3 is 0 Å². The third kappa shape index (κ3) is 2.01. The maximum absolute atomic E-state index is 10.8. The molecule has 0 amide bonds. The van der Waals surface area contributed by atoms with Crippen LogP contribution in [0, 0.1) is 0 Å². The highest BCUT2D eigenvalue weighted by molar-refractivity contribution is 7.87. The third-order valence-electron chi connectivity index (χ3n) is 2.45. The predicted molar refractivity (Wildman–Crippen MR) is 47.8 cm³/mol. The number of hydrogen-bond acceptors (Lipinski definition) is 4. The van der Waals surface area contributed by atoms with E-state index in [0.29, 0.717) is 6.54 Å². The van der Waals surface area contributed by atoms with Crippen molar-refractivity contribution in [3.63, 3.8) is 0 Å². The number of nitrogens with zero attached hydrogens (tertiary/aromatic N) is 1. The van der Waals surface area contributed by atoms with Crippen LogP contribution in [-0.4, -0.2) is 47.0 Å². The van der Waals surface area contributed by atoms with Gasteiger partial charge in [0.25, 0.3) is 10.1 Å². The van der Waals surface area contributed by atoms with Crippen LogP contribution in [0.15, 0.2) is 0 Å². The summed E-state index contributed by atoms with van der Waals surface area (Å²) < 4.78 is 30.4. The highest BCUT2D eigenvalue weighted by Gasteiger charge is 2.47. The molecule has 6 heteroatoms. The summed E-state index contributed by atoms with van der Waals surface area (Å²) in [5.74, 6) is 0. The first-order chi connectivity index (χ1) is 5.76. The molecule has 5 nitrogen and oxygen atoms in total. The van der Waals surface area contributed by atoms with Crippen LogP contribution in [0.5, 0.6) is 0 Å². The van der Waals surface area contributed by atoms with E-state index in [1.807, 2.05) is 18.7 Å². The second kappa shape index (κ2) is 3.20. The molecule has 0 bridgehead atoms. The first kappa shape index (κ1) is 10.9. The lowest BCUT2D eigenvalue weighted by Gasteiger charge is -2.22. The molecule has 0 aromatic carbocycles. The molecule has 1 fully saturated rings. The highest BCUT2D eigenvalue weighted by Crippen LogP contribution is 2.27. The van der Waals surface area contributed by atoms with Crippen molar-refractivity contribution >= 4 is 10.1 Å². The summed E-state index contributed by atoms with van der Waals surface area (Å²) in [5.41, 5.74) is 0. The molecule has 1 unspecified atom stereocenters. The van der Waals surface area contributed by atoms with Gasteiger partial charge in [-0.15, -0.1) is 0 Å². The Morgan fingerprint density at radius 1 is 1.46 bits per heavy atom. The maximum atomic E-state index is 10.8. The van der Waals surface area contributed by atoms with E-state index in [0.717, 1.165) is 0 Å². The molecule has 78 valence electrons. The lowest BCUT2D eigenvalue weighted by molar-refractivity contribution is 0.113. The second-order valence-corrected chi connectivity index (χ2v) is 5.45. The van der Waals surface area contributed by atoms with Gasteiger partial charge in [0.1, 0.15) is 0 Å². The first-order valence-corrected chi connectivity index (χ1v) is 5.64. The summed E-state index contributed by atoms with van der Waals surface area (Å²) in [6, 6.07) is 0.177. The Labute approximate surface area is 78.1 Å². The summed E-state index contributed by atoms with van der Waals surface area (Å²) in [6.45, 7) is 4.31. The quantitative estimate of drug-likeness (QED) is 0.609. The topological polar surface area (TPSA) is 77.8 Å². The SMILES string of the molecule is CC(C)N1CCC(O)(S(=O)(=O)O)C1. The van der Waals surface area contributed by atoms with Crippen LogP contribution >= 0.6 is 0 Å². The Hall–Kier alpha value is -0.170. The van der Waals surface area contributed by atoms with E-state index in [1.165, 1.54) is 0 Å². The van der Waals surface area contributed by atoms with Crippen LogP contribution < -0.4 is 0 Å². The molecule has 1 saturated heterocycles. The molecule has 0 aliphatic carbocycles. The Bertz CT molecular complexity index is 287. The summed E-state index contributed by atoms with van der Waals surface area (Å²) in [6.07, 6.45) is 0.0734. The average molecular weight is 209 g/mol. The molecule has 0 spiro atoms. The van der Waals surface area contributed by atoms with Crippen LogP contribution in [0.4, 0.5) is 0 Å². The van der Waals surface area contributed by atoms with Crippen LogP contribution in [0.3, 0.4) is 0 Å². The molecule has 1 atom stereocenters.